The molecular formula is C19H30N2O. The van der Waals surface area contributed by atoms with Crippen LogP contribution < -0.4 is 4.90 Å². The first kappa shape index (κ1) is 16.9. The van der Waals surface area contributed by atoms with Crippen LogP contribution in [0.2, 0.25) is 0 Å². The fourth-order valence-corrected chi connectivity index (χ4v) is 3.26. The highest BCUT2D eigenvalue weighted by Crippen LogP contribution is 2.34. The highest BCUT2D eigenvalue weighted by molar-refractivity contribution is 5.82. The van der Waals surface area contributed by atoms with Crippen molar-refractivity contribution in [3.8, 4) is 0 Å². The first-order chi connectivity index (χ1) is 10.6. The average molecular weight is 302 g/mol. The number of benzene rings is 1. The van der Waals surface area contributed by atoms with E-state index in [-0.39, 0.29) is 0 Å². The zero-order valence-electron chi connectivity index (χ0n) is 14.7. The van der Waals surface area contributed by atoms with E-state index in [9.17, 15) is 4.79 Å². The lowest BCUT2D eigenvalue weighted by Gasteiger charge is -2.45. The Labute approximate surface area is 135 Å². The fraction of sp³-hybridized carbons (Fsp3) is 0.632. The van der Waals surface area contributed by atoms with Crippen LogP contribution in [0.15, 0.2) is 24.3 Å². The molecule has 1 aromatic carbocycles. The SMILES string of the molecule is CC.Cc1ccc(N2CC(C)N(C(=O)C3CC3)C(C)C2)cc1. The van der Waals surface area contributed by atoms with Gasteiger partial charge in [0.25, 0.3) is 0 Å². The summed E-state index contributed by atoms with van der Waals surface area (Å²) in [6.45, 7) is 12.3. The molecule has 3 rings (SSSR count). The van der Waals surface area contributed by atoms with Crippen molar-refractivity contribution < 1.29 is 4.79 Å². The van der Waals surface area contributed by atoms with Crippen LogP contribution in [-0.2, 0) is 4.79 Å². The molecule has 3 heteroatoms. The zero-order chi connectivity index (χ0) is 16.3. The van der Waals surface area contributed by atoms with E-state index in [1.54, 1.807) is 0 Å². The van der Waals surface area contributed by atoms with E-state index in [2.05, 4.69) is 54.8 Å². The summed E-state index contributed by atoms with van der Waals surface area (Å²) in [6, 6.07) is 9.29. The Hall–Kier alpha value is -1.51. The molecule has 0 aromatic heterocycles. The van der Waals surface area contributed by atoms with Crippen molar-refractivity contribution >= 4 is 11.6 Å². The molecule has 1 heterocycles. The van der Waals surface area contributed by atoms with Gasteiger partial charge in [-0.1, -0.05) is 31.5 Å². The maximum Gasteiger partial charge on any atom is 0.226 e. The van der Waals surface area contributed by atoms with Gasteiger partial charge in [0.2, 0.25) is 5.91 Å². The van der Waals surface area contributed by atoms with E-state index in [1.807, 2.05) is 13.8 Å². The predicted octanol–water partition coefficient (Wildman–Crippen LogP) is 3.86. The molecule has 1 amide bonds. The van der Waals surface area contributed by atoms with E-state index < -0.39 is 0 Å². The maximum absolute atomic E-state index is 12.4. The van der Waals surface area contributed by atoms with Crippen molar-refractivity contribution in [2.24, 2.45) is 5.92 Å². The number of aryl methyl sites for hydroxylation is 1. The van der Waals surface area contributed by atoms with Gasteiger partial charge >= 0.3 is 0 Å². The highest BCUT2D eigenvalue weighted by Gasteiger charge is 2.40. The molecule has 2 aliphatic rings. The van der Waals surface area contributed by atoms with Gasteiger partial charge in [-0.05, 0) is 45.7 Å². The van der Waals surface area contributed by atoms with Gasteiger partial charge in [-0.3, -0.25) is 4.79 Å². The van der Waals surface area contributed by atoms with Gasteiger partial charge < -0.3 is 9.80 Å². The van der Waals surface area contributed by atoms with Crippen molar-refractivity contribution in [3.63, 3.8) is 0 Å². The number of hydrogen-bond donors (Lipinski definition) is 0. The van der Waals surface area contributed by atoms with E-state index in [0.29, 0.717) is 23.9 Å². The molecule has 0 radical (unpaired) electrons. The van der Waals surface area contributed by atoms with Gasteiger partial charge in [-0.15, -0.1) is 0 Å². The molecule has 22 heavy (non-hydrogen) atoms. The summed E-state index contributed by atoms with van der Waals surface area (Å²) in [6.07, 6.45) is 2.19. The van der Waals surface area contributed by atoms with Gasteiger partial charge in [0.05, 0.1) is 0 Å². The normalized spacial score (nSPS) is 24.6. The maximum atomic E-state index is 12.4. The van der Waals surface area contributed by atoms with Gasteiger partial charge in [0, 0.05) is 36.8 Å². The Morgan fingerprint density at radius 2 is 1.50 bits per heavy atom. The second kappa shape index (κ2) is 7.17. The first-order valence-electron chi connectivity index (χ1n) is 8.70. The second-order valence-electron chi connectivity index (χ2n) is 6.46. The van der Waals surface area contributed by atoms with Crippen molar-refractivity contribution in [3.05, 3.63) is 29.8 Å². The molecule has 1 aliphatic heterocycles. The van der Waals surface area contributed by atoms with E-state index in [0.717, 1.165) is 25.9 Å². The Bertz CT molecular complexity index is 481. The quantitative estimate of drug-likeness (QED) is 0.828. The third-order valence-corrected chi connectivity index (χ3v) is 4.50. The van der Waals surface area contributed by atoms with Crippen LogP contribution in [0.5, 0.6) is 0 Å². The molecule has 0 bridgehead atoms. The Morgan fingerprint density at radius 1 is 1.00 bits per heavy atom. The molecule has 2 fully saturated rings. The molecule has 0 spiro atoms. The number of rotatable bonds is 2. The predicted molar refractivity (Wildman–Crippen MR) is 93.2 cm³/mol. The molecule has 0 N–H and O–H groups in total. The molecule has 1 aliphatic carbocycles. The third-order valence-electron chi connectivity index (χ3n) is 4.50. The number of piperazine rings is 1. The smallest absolute Gasteiger partial charge is 0.226 e. The van der Waals surface area contributed by atoms with Gasteiger partial charge in [0.1, 0.15) is 0 Å². The summed E-state index contributed by atoms with van der Waals surface area (Å²) in [5.74, 6) is 0.708. The Balaban J connectivity index is 0.000000847. The zero-order valence-corrected chi connectivity index (χ0v) is 14.7. The van der Waals surface area contributed by atoms with Gasteiger partial charge in [-0.2, -0.15) is 0 Å². The average Bonchev–Trinajstić information content (AvgIpc) is 3.34. The van der Waals surface area contributed by atoms with Crippen LogP contribution in [0.1, 0.15) is 46.1 Å². The third kappa shape index (κ3) is 3.63. The standard InChI is InChI=1S/C17H24N2O.C2H6/c1-12-4-8-16(9-5-12)18-10-13(2)19(14(3)11-18)17(20)15-6-7-15;1-2/h4-5,8-9,13-15H,6-7,10-11H2,1-3H3;1-2H3. The molecule has 1 saturated carbocycles. The number of carbonyl (C=O) groups excluding carboxylic acids is 1. The molecule has 122 valence electrons. The minimum absolute atomic E-state index is 0.299. The van der Waals surface area contributed by atoms with Gasteiger partial charge in [0.15, 0.2) is 0 Å². The summed E-state index contributed by atoms with van der Waals surface area (Å²) in [7, 11) is 0. The number of nitrogens with zero attached hydrogens (tertiary/aromatic N) is 2. The van der Waals surface area contributed by atoms with Crippen LogP contribution in [0.3, 0.4) is 0 Å². The molecule has 2 atom stereocenters. The fourth-order valence-electron chi connectivity index (χ4n) is 3.26. The van der Waals surface area contributed by atoms with Crippen molar-refractivity contribution in [1.29, 1.82) is 0 Å². The minimum Gasteiger partial charge on any atom is -0.367 e. The van der Waals surface area contributed by atoms with E-state index >= 15 is 0 Å². The Kier molecular flexibility index (Phi) is 5.49. The van der Waals surface area contributed by atoms with Crippen LogP contribution in [0, 0.1) is 12.8 Å². The summed E-state index contributed by atoms with van der Waals surface area (Å²) < 4.78 is 0. The van der Waals surface area contributed by atoms with Crippen molar-refractivity contribution in [2.45, 2.75) is 59.5 Å². The summed E-state index contributed by atoms with van der Waals surface area (Å²) in [5, 5.41) is 0. The largest absolute Gasteiger partial charge is 0.367 e. The van der Waals surface area contributed by atoms with Crippen molar-refractivity contribution in [1.82, 2.24) is 4.90 Å². The number of hydrogen-bond acceptors (Lipinski definition) is 2. The van der Waals surface area contributed by atoms with Gasteiger partial charge in [-0.25, -0.2) is 0 Å². The molecular weight excluding hydrogens is 272 g/mol. The van der Waals surface area contributed by atoms with Crippen LogP contribution >= 0.6 is 0 Å². The Morgan fingerprint density at radius 3 is 1.95 bits per heavy atom. The number of anilines is 1. The lowest BCUT2D eigenvalue weighted by Crippen LogP contribution is -2.59. The number of amides is 1. The molecule has 3 nitrogen and oxygen atoms in total. The lowest BCUT2D eigenvalue weighted by atomic mass is 10.1. The monoisotopic (exact) mass is 302 g/mol. The molecule has 2 unspecified atom stereocenters. The highest BCUT2D eigenvalue weighted by atomic mass is 16.2. The summed E-state index contributed by atoms with van der Waals surface area (Å²) >= 11 is 0. The van der Waals surface area contributed by atoms with Crippen LogP contribution in [0.25, 0.3) is 0 Å². The van der Waals surface area contributed by atoms with Crippen LogP contribution in [0.4, 0.5) is 5.69 Å². The van der Waals surface area contributed by atoms with Crippen LogP contribution in [-0.4, -0.2) is 36.0 Å². The minimum atomic E-state index is 0.299. The van der Waals surface area contributed by atoms with E-state index in [4.69, 9.17) is 0 Å². The van der Waals surface area contributed by atoms with E-state index in [1.165, 1.54) is 11.3 Å². The molecule has 1 aromatic rings. The number of carbonyl (C=O) groups is 1. The topological polar surface area (TPSA) is 23.6 Å². The van der Waals surface area contributed by atoms with Crippen molar-refractivity contribution in [2.75, 3.05) is 18.0 Å². The molecule has 1 saturated heterocycles. The second-order valence-corrected chi connectivity index (χ2v) is 6.46. The summed E-state index contributed by atoms with van der Waals surface area (Å²) in [5.41, 5.74) is 2.56. The lowest BCUT2D eigenvalue weighted by molar-refractivity contribution is -0.137. The summed E-state index contributed by atoms with van der Waals surface area (Å²) in [4.78, 5) is 16.9. The first-order valence-corrected chi connectivity index (χ1v) is 8.70.